The van der Waals surface area contributed by atoms with Crippen molar-refractivity contribution in [2.24, 2.45) is 0 Å². The second kappa shape index (κ2) is 6.71. The van der Waals surface area contributed by atoms with E-state index in [0.29, 0.717) is 17.5 Å². The van der Waals surface area contributed by atoms with E-state index in [0.717, 1.165) is 43.9 Å². The van der Waals surface area contributed by atoms with Crippen molar-refractivity contribution in [3.8, 4) is 23.3 Å². The number of benzene rings is 1. The number of ether oxygens (including phenoxy) is 1. The van der Waals surface area contributed by atoms with E-state index in [-0.39, 0.29) is 0 Å². The van der Waals surface area contributed by atoms with Crippen molar-refractivity contribution in [1.29, 1.82) is 5.26 Å². The van der Waals surface area contributed by atoms with E-state index in [1.165, 1.54) is 0 Å². The van der Waals surface area contributed by atoms with Crippen molar-refractivity contribution in [1.82, 2.24) is 9.88 Å². The van der Waals surface area contributed by atoms with Crippen LogP contribution in [-0.2, 0) is 0 Å². The van der Waals surface area contributed by atoms with Crippen molar-refractivity contribution in [3.63, 3.8) is 0 Å². The second-order valence-corrected chi connectivity index (χ2v) is 5.66. The van der Waals surface area contributed by atoms with Gasteiger partial charge in [-0.25, -0.2) is 0 Å². The van der Waals surface area contributed by atoms with E-state index >= 15 is 0 Å². The number of nitrogens with zero attached hydrogens (tertiary/aromatic N) is 4. The summed E-state index contributed by atoms with van der Waals surface area (Å²) in [5.41, 5.74) is 1.18. The van der Waals surface area contributed by atoms with Crippen LogP contribution in [0.2, 0.25) is 0 Å². The highest BCUT2D eigenvalue weighted by Crippen LogP contribution is 2.29. The average Bonchev–Trinajstić information content (AvgIpc) is 2.90. The smallest absolute Gasteiger partial charge is 0.235 e. The highest BCUT2D eigenvalue weighted by molar-refractivity contribution is 5.60. The first-order chi connectivity index (χ1) is 11.2. The molecule has 6 heteroatoms. The minimum atomic E-state index is 0.348. The molecule has 1 aliphatic heterocycles. The number of anilines is 1. The average molecular weight is 312 g/mol. The summed E-state index contributed by atoms with van der Waals surface area (Å²) in [7, 11) is 3.74. The fourth-order valence-electron chi connectivity index (χ4n) is 2.71. The number of aromatic nitrogens is 1. The Kier molecular flexibility index (Phi) is 4.49. The van der Waals surface area contributed by atoms with Crippen LogP contribution in [0.25, 0.3) is 11.5 Å². The fourth-order valence-corrected chi connectivity index (χ4v) is 2.71. The van der Waals surface area contributed by atoms with Crippen molar-refractivity contribution >= 4 is 5.88 Å². The molecule has 6 nitrogen and oxygen atoms in total. The Morgan fingerprint density at radius 3 is 2.65 bits per heavy atom. The minimum Gasteiger partial charge on any atom is -0.497 e. The molecule has 120 valence electrons. The van der Waals surface area contributed by atoms with Gasteiger partial charge < -0.3 is 19.0 Å². The van der Waals surface area contributed by atoms with Gasteiger partial charge in [0.15, 0.2) is 0 Å². The zero-order chi connectivity index (χ0) is 16.2. The number of methoxy groups -OCH3 is 1. The monoisotopic (exact) mass is 312 g/mol. The molecular weight excluding hydrogens is 292 g/mol. The zero-order valence-corrected chi connectivity index (χ0v) is 13.5. The van der Waals surface area contributed by atoms with E-state index in [9.17, 15) is 5.26 Å². The molecule has 0 unspecified atom stereocenters. The molecule has 0 radical (unpaired) electrons. The largest absolute Gasteiger partial charge is 0.497 e. The molecule has 3 rings (SSSR count). The van der Waals surface area contributed by atoms with E-state index < -0.39 is 0 Å². The molecule has 0 aliphatic carbocycles. The van der Waals surface area contributed by atoms with E-state index in [4.69, 9.17) is 9.15 Å². The van der Waals surface area contributed by atoms with Crippen molar-refractivity contribution in [2.75, 3.05) is 45.2 Å². The summed E-state index contributed by atoms with van der Waals surface area (Å²) in [6, 6.07) is 9.62. The maximum absolute atomic E-state index is 9.38. The van der Waals surface area contributed by atoms with Gasteiger partial charge in [0.2, 0.25) is 17.5 Å². The lowest BCUT2D eigenvalue weighted by Gasteiger charge is -2.19. The Balaban J connectivity index is 1.89. The second-order valence-electron chi connectivity index (χ2n) is 5.66. The van der Waals surface area contributed by atoms with Gasteiger partial charge >= 0.3 is 0 Å². The van der Waals surface area contributed by atoms with Crippen LogP contribution < -0.4 is 9.64 Å². The van der Waals surface area contributed by atoms with Gasteiger partial charge in [0, 0.05) is 25.2 Å². The lowest BCUT2D eigenvalue weighted by atomic mass is 10.2. The predicted molar refractivity (Wildman–Crippen MR) is 87.5 cm³/mol. The van der Waals surface area contributed by atoms with Crippen LogP contribution in [0.1, 0.15) is 12.1 Å². The van der Waals surface area contributed by atoms with Gasteiger partial charge in [-0.05, 0) is 44.3 Å². The summed E-state index contributed by atoms with van der Waals surface area (Å²) in [5, 5.41) is 9.38. The Hall–Kier alpha value is -2.52. The third-order valence-corrected chi connectivity index (χ3v) is 4.06. The van der Waals surface area contributed by atoms with Gasteiger partial charge in [0.1, 0.15) is 11.8 Å². The van der Waals surface area contributed by atoms with Crippen LogP contribution in [0.3, 0.4) is 0 Å². The topological polar surface area (TPSA) is 65.5 Å². The fraction of sp³-hybridized carbons (Fsp3) is 0.412. The third kappa shape index (κ3) is 3.30. The molecule has 0 spiro atoms. The molecule has 0 saturated carbocycles. The standard InChI is InChI=1S/C17H20N4O2/c1-20-8-3-9-21(11-10-20)17-15(12-18)19-16(23-17)13-4-6-14(22-2)7-5-13/h4-7H,3,8-11H2,1-2H3. The summed E-state index contributed by atoms with van der Waals surface area (Å²) in [6.45, 7) is 3.71. The van der Waals surface area contributed by atoms with Crippen LogP contribution in [-0.4, -0.2) is 50.2 Å². The van der Waals surface area contributed by atoms with Crippen LogP contribution >= 0.6 is 0 Å². The van der Waals surface area contributed by atoms with Gasteiger partial charge in [-0.3, -0.25) is 0 Å². The van der Waals surface area contributed by atoms with Gasteiger partial charge in [-0.1, -0.05) is 0 Å². The number of rotatable bonds is 3. The normalized spacial score (nSPS) is 16.0. The summed E-state index contributed by atoms with van der Waals surface area (Å²) >= 11 is 0. The predicted octanol–water partition coefficient (Wildman–Crippen LogP) is 2.36. The maximum Gasteiger partial charge on any atom is 0.235 e. The number of oxazole rings is 1. The molecule has 0 N–H and O–H groups in total. The molecule has 0 atom stereocenters. The first-order valence-corrected chi connectivity index (χ1v) is 7.70. The third-order valence-electron chi connectivity index (χ3n) is 4.06. The number of hydrogen-bond donors (Lipinski definition) is 0. The Morgan fingerprint density at radius 1 is 1.17 bits per heavy atom. The molecule has 1 saturated heterocycles. The lowest BCUT2D eigenvalue weighted by molar-refractivity contribution is 0.359. The van der Waals surface area contributed by atoms with Crippen molar-refractivity contribution < 1.29 is 9.15 Å². The number of nitriles is 1. The van der Waals surface area contributed by atoms with E-state index in [1.54, 1.807) is 7.11 Å². The molecule has 2 aromatic rings. The molecule has 0 bridgehead atoms. The first-order valence-electron chi connectivity index (χ1n) is 7.70. The van der Waals surface area contributed by atoms with Crippen LogP contribution in [0.15, 0.2) is 28.7 Å². The summed E-state index contributed by atoms with van der Waals surface area (Å²) in [6.07, 6.45) is 1.04. The molecule has 2 heterocycles. The van der Waals surface area contributed by atoms with Gasteiger partial charge in [-0.15, -0.1) is 0 Å². The molecule has 1 aliphatic rings. The number of likely N-dealkylation sites (N-methyl/N-ethyl adjacent to an activating group) is 1. The highest BCUT2D eigenvalue weighted by Gasteiger charge is 2.22. The van der Waals surface area contributed by atoms with Crippen molar-refractivity contribution in [3.05, 3.63) is 30.0 Å². The molecule has 0 amide bonds. The van der Waals surface area contributed by atoms with E-state index in [1.807, 2.05) is 24.3 Å². The molecule has 1 aromatic carbocycles. The summed E-state index contributed by atoms with van der Waals surface area (Å²) in [4.78, 5) is 8.75. The van der Waals surface area contributed by atoms with E-state index in [2.05, 4.69) is 27.9 Å². The molecule has 1 aromatic heterocycles. The molecule has 23 heavy (non-hydrogen) atoms. The summed E-state index contributed by atoms with van der Waals surface area (Å²) in [5.74, 6) is 1.82. The van der Waals surface area contributed by atoms with Gasteiger partial charge in [0.25, 0.3) is 0 Å². The highest BCUT2D eigenvalue weighted by atomic mass is 16.5. The molecular formula is C17H20N4O2. The van der Waals surface area contributed by atoms with Crippen molar-refractivity contribution in [2.45, 2.75) is 6.42 Å². The minimum absolute atomic E-state index is 0.348. The zero-order valence-electron chi connectivity index (χ0n) is 13.5. The lowest BCUT2D eigenvalue weighted by Crippen LogP contribution is -2.28. The van der Waals surface area contributed by atoms with Gasteiger partial charge in [0.05, 0.1) is 7.11 Å². The van der Waals surface area contributed by atoms with Gasteiger partial charge in [-0.2, -0.15) is 10.2 Å². The van der Waals surface area contributed by atoms with Crippen LogP contribution in [0, 0.1) is 11.3 Å². The maximum atomic E-state index is 9.38. The SMILES string of the molecule is COc1ccc(-c2nc(C#N)c(N3CCCN(C)CC3)o2)cc1. The van der Waals surface area contributed by atoms with Crippen LogP contribution in [0.5, 0.6) is 5.75 Å². The Bertz CT molecular complexity index is 702. The molecule has 1 fully saturated rings. The number of hydrogen-bond acceptors (Lipinski definition) is 6. The summed E-state index contributed by atoms with van der Waals surface area (Å²) < 4.78 is 11.1. The van der Waals surface area contributed by atoms with Crippen LogP contribution in [0.4, 0.5) is 5.88 Å². The quantitative estimate of drug-likeness (QED) is 0.867. The Labute approximate surface area is 135 Å². The first kappa shape index (κ1) is 15.4. The Morgan fingerprint density at radius 2 is 1.96 bits per heavy atom.